The SMILES string of the molecule is O=C(COc1ccc(NC(=O)C2(c3ccc(Cl)cc3)CCOCC2)cc1)N1CCCCC1. The van der Waals surface area contributed by atoms with Gasteiger partial charge in [0.05, 0.1) is 5.41 Å². The van der Waals surface area contributed by atoms with Gasteiger partial charge in [-0.2, -0.15) is 0 Å². The first-order valence-corrected chi connectivity index (χ1v) is 11.6. The zero-order chi connectivity index (χ0) is 22.4. The number of nitrogens with zero attached hydrogens (tertiary/aromatic N) is 1. The lowest BCUT2D eigenvalue weighted by molar-refractivity contribution is -0.134. The standard InChI is InChI=1S/C25H29ClN2O4/c26-20-6-4-19(5-7-20)25(12-16-31-17-13-25)24(30)27-21-8-10-22(11-9-21)32-18-23(29)28-14-2-1-3-15-28/h4-11H,1-3,12-18H2,(H,27,30). The van der Waals surface area contributed by atoms with Crippen LogP contribution in [0.5, 0.6) is 5.75 Å². The molecule has 0 aliphatic carbocycles. The van der Waals surface area contributed by atoms with Gasteiger partial charge in [-0.1, -0.05) is 23.7 Å². The average Bonchev–Trinajstić information content (AvgIpc) is 2.84. The van der Waals surface area contributed by atoms with Gasteiger partial charge in [0.15, 0.2) is 6.61 Å². The lowest BCUT2D eigenvalue weighted by Crippen LogP contribution is -2.44. The summed E-state index contributed by atoms with van der Waals surface area (Å²) in [6.45, 7) is 2.73. The maximum Gasteiger partial charge on any atom is 0.260 e. The molecule has 32 heavy (non-hydrogen) atoms. The van der Waals surface area contributed by atoms with Gasteiger partial charge in [0, 0.05) is 37.0 Å². The van der Waals surface area contributed by atoms with Gasteiger partial charge in [-0.05, 0) is 74.1 Å². The van der Waals surface area contributed by atoms with Crippen molar-refractivity contribution >= 4 is 29.1 Å². The molecule has 0 aromatic heterocycles. The molecule has 0 atom stereocenters. The summed E-state index contributed by atoms with van der Waals surface area (Å²) in [7, 11) is 0. The van der Waals surface area contributed by atoms with E-state index >= 15 is 0 Å². The Balaban J connectivity index is 1.38. The van der Waals surface area contributed by atoms with E-state index in [1.165, 1.54) is 6.42 Å². The first kappa shape index (κ1) is 22.6. The fraction of sp³-hybridized carbons (Fsp3) is 0.440. The van der Waals surface area contributed by atoms with E-state index in [0.717, 1.165) is 31.5 Å². The Hall–Kier alpha value is -2.57. The van der Waals surface area contributed by atoms with E-state index in [2.05, 4.69) is 5.32 Å². The highest BCUT2D eigenvalue weighted by molar-refractivity contribution is 6.30. The minimum Gasteiger partial charge on any atom is -0.484 e. The predicted molar refractivity (Wildman–Crippen MR) is 124 cm³/mol. The Bertz CT molecular complexity index is 918. The quantitative estimate of drug-likeness (QED) is 0.698. The van der Waals surface area contributed by atoms with Gasteiger partial charge in [0.2, 0.25) is 5.91 Å². The van der Waals surface area contributed by atoms with Crippen molar-refractivity contribution in [2.45, 2.75) is 37.5 Å². The van der Waals surface area contributed by atoms with E-state index in [4.69, 9.17) is 21.1 Å². The van der Waals surface area contributed by atoms with Crippen LogP contribution < -0.4 is 10.1 Å². The molecular formula is C25H29ClN2O4. The molecule has 2 amide bonds. The highest BCUT2D eigenvalue weighted by Gasteiger charge is 2.41. The fourth-order valence-corrected chi connectivity index (χ4v) is 4.53. The van der Waals surface area contributed by atoms with E-state index in [-0.39, 0.29) is 18.4 Å². The van der Waals surface area contributed by atoms with Crippen molar-refractivity contribution in [1.29, 1.82) is 0 Å². The maximum absolute atomic E-state index is 13.4. The summed E-state index contributed by atoms with van der Waals surface area (Å²) < 4.78 is 11.2. The van der Waals surface area contributed by atoms with E-state index in [0.29, 0.717) is 42.5 Å². The van der Waals surface area contributed by atoms with Gasteiger partial charge < -0.3 is 19.7 Å². The molecule has 2 aromatic carbocycles. The molecule has 0 spiro atoms. The summed E-state index contributed by atoms with van der Waals surface area (Å²) in [5.41, 5.74) is 0.974. The zero-order valence-electron chi connectivity index (χ0n) is 18.1. The van der Waals surface area contributed by atoms with Gasteiger partial charge in [-0.15, -0.1) is 0 Å². The highest BCUT2D eigenvalue weighted by Crippen LogP contribution is 2.37. The second-order valence-electron chi connectivity index (χ2n) is 8.41. The molecule has 2 aliphatic rings. The molecule has 1 N–H and O–H groups in total. The summed E-state index contributed by atoms with van der Waals surface area (Å²) in [5.74, 6) is 0.565. The molecule has 6 nitrogen and oxygen atoms in total. The van der Waals surface area contributed by atoms with E-state index in [1.54, 1.807) is 24.3 Å². The number of hydrogen-bond acceptors (Lipinski definition) is 4. The summed E-state index contributed by atoms with van der Waals surface area (Å²) in [6, 6.07) is 14.6. The zero-order valence-corrected chi connectivity index (χ0v) is 18.9. The molecule has 170 valence electrons. The van der Waals surface area contributed by atoms with Crippen LogP contribution in [0.15, 0.2) is 48.5 Å². The number of rotatable bonds is 6. The van der Waals surface area contributed by atoms with E-state index in [9.17, 15) is 9.59 Å². The molecule has 7 heteroatoms. The third kappa shape index (κ3) is 5.25. The Morgan fingerprint density at radius 2 is 1.62 bits per heavy atom. The van der Waals surface area contributed by atoms with Crippen molar-refractivity contribution in [1.82, 2.24) is 4.90 Å². The highest BCUT2D eigenvalue weighted by atomic mass is 35.5. The number of amides is 2. The molecule has 4 rings (SSSR count). The molecule has 2 saturated heterocycles. The maximum atomic E-state index is 13.4. The normalized spacial score (nSPS) is 18.1. The van der Waals surface area contributed by atoms with Gasteiger partial charge >= 0.3 is 0 Å². The first-order valence-electron chi connectivity index (χ1n) is 11.2. The Morgan fingerprint density at radius 3 is 2.28 bits per heavy atom. The number of piperidine rings is 1. The molecule has 2 aromatic rings. The molecule has 2 fully saturated rings. The van der Waals surface area contributed by atoms with Gasteiger partial charge in [-0.3, -0.25) is 9.59 Å². The average molecular weight is 457 g/mol. The molecule has 0 saturated carbocycles. The molecule has 0 bridgehead atoms. The van der Waals surface area contributed by atoms with Crippen LogP contribution in [0.3, 0.4) is 0 Å². The van der Waals surface area contributed by atoms with E-state index < -0.39 is 5.41 Å². The van der Waals surface area contributed by atoms with Gasteiger partial charge in [0.25, 0.3) is 5.91 Å². The van der Waals surface area contributed by atoms with Gasteiger partial charge in [-0.25, -0.2) is 0 Å². The van der Waals surface area contributed by atoms with Crippen molar-refractivity contribution < 1.29 is 19.1 Å². The third-order valence-corrected chi connectivity index (χ3v) is 6.61. The number of ether oxygens (including phenoxy) is 2. The van der Waals surface area contributed by atoms with Crippen LogP contribution in [-0.2, 0) is 19.7 Å². The Kier molecular flexibility index (Phi) is 7.33. The summed E-state index contributed by atoms with van der Waals surface area (Å²) in [6.07, 6.45) is 4.53. The molecular weight excluding hydrogens is 428 g/mol. The minimum absolute atomic E-state index is 0.0199. The number of hydrogen-bond donors (Lipinski definition) is 1. The van der Waals surface area contributed by atoms with Crippen molar-refractivity contribution in [2.24, 2.45) is 0 Å². The lowest BCUT2D eigenvalue weighted by atomic mass is 9.73. The number of benzene rings is 2. The number of anilines is 1. The van der Waals surface area contributed by atoms with Crippen molar-refractivity contribution in [3.63, 3.8) is 0 Å². The van der Waals surface area contributed by atoms with Crippen molar-refractivity contribution in [3.8, 4) is 5.75 Å². The fourth-order valence-electron chi connectivity index (χ4n) is 4.40. The Labute approximate surface area is 193 Å². The summed E-state index contributed by atoms with van der Waals surface area (Å²) >= 11 is 6.05. The third-order valence-electron chi connectivity index (χ3n) is 6.36. The van der Waals surface area contributed by atoms with Gasteiger partial charge in [0.1, 0.15) is 5.75 Å². The lowest BCUT2D eigenvalue weighted by Gasteiger charge is -2.36. The molecule has 2 heterocycles. The van der Waals surface area contributed by atoms with Crippen LogP contribution in [-0.4, -0.2) is 49.6 Å². The smallest absolute Gasteiger partial charge is 0.260 e. The molecule has 0 radical (unpaired) electrons. The van der Waals surface area contributed by atoms with Crippen LogP contribution in [0.2, 0.25) is 5.02 Å². The molecule has 0 unspecified atom stereocenters. The topological polar surface area (TPSA) is 67.9 Å². The summed E-state index contributed by atoms with van der Waals surface area (Å²) in [4.78, 5) is 27.5. The number of nitrogens with one attached hydrogen (secondary N) is 1. The van der Waals surface area contributed by atoms with Crippen molar-refractivity contribution in [3.05, 3.63) is 59.1 Å². The van der Waals surface area contributed by atoms with Crippen molar-refractivity contribution in [2.75, 3.05) is 38.2 Å². The molecule has 2 aliphatic heterocycles. The predicted octanol–water partition coefficient (Wildman–Crippen LogP) is 4.42. The second-order valence-corrected chi connectivity index (χ2v) is 8.85. The summed E-state index contributed by atoms with van der Waals surface area (Å²) in [5, 5.41) is 3.70. The van der Waals surface area contributed by atoms with Crippen LogP contribution in [0.4, 0.5) is 5.69 Å². The van der Waals surface area contributed by atoms with Crippen LogP contribution in [0.25, 0.3) is 0 Å². The Morgan fingerprint density at radius 1 is 0.969 bits per heavy atom. The largest absolute Gasteiger partial charge is 0.484 e. The van der Waals surface area contributed by atoms with E-state index in [1.807, 2.05) is 29.2 Å². The monoisotopic (exact) mass is 456 g/mol. The van der Waals surface area contributed by atoms with Crippen LogP contribution >= 0.6 is 11.6 Å². The van der Waals surface area contributed by atoms with Crippen LogP contribution in [0, 0.1) is 0 Å². The number of carbonyl (C=O) groups is 2. The minimum atomic E-state index is -0.654. The number of likely N-dealkylation sites (tertiary alicyclic amines) is 1. The van der Waals surface area contributed by atoms with Crippen LogP contribution in [0.1, 0.15) is 37.7 Å². The number of halogens is 1. The number of carbonyl (C=O) groups excluding carboxylic acids is 2. The second kappa shape index (κ2) is 10.4. The first-order chi connectivity index (χ1) is 15.6.